The van der Waals surface area contributed by atoms with Crippen molar-refractivity contribution in [2.45, 2.75) is 59.4 Å². The van der Waals surface area contributed by atoms with Crippen molar-refractivity contribution in [3.63, 3.8) is 0 Å². The minimum atomic E-state index is -0.139. The van der Waals surface area contributed by atoms with Gasteiger partial charge in [0.2, 0.25) is 0 Å². The van der Waals surface area contributed by atoms with E-state index in [4.69, 9.17) is 0 Å². The molecule has 70 valence electrons. The quantitative estimate of drug-likeness (QED) is 0.636. The Bertz CT molecular complexity index is 61.2. The zero-order chi connectivity index (χ0) is 9.44. The summed E-state index contributed by atoms with van der Waals surface area (Å²) in [4.78, 5) is 0. The molecule has 0 aromatic rings. The number of nitrogens with one attached hydrogen (secondary N) is 1. The summed E-state index contributed by atoms with van der Waals surface area (Å²) in [7, 11) is -0.139. The van der Waals surface area contributed by atoms with Gasteiger partial charge in [-0.25, -0.2) is 0 Å². The van der Waals surface area contributed by atoms with Crippen molar-refractivity contribution in [3.8, 4) is 0 Å². The van der Waals surface area contributed by atoms with Gasteiger partial charge in [0.15, 0.2) is 0 Å². The molecule has 0 aromatic heterocycles. The lowest BCUT2D eigenvalue weighted by atomic mass is 10.3. The zero-order valence-corrected chi connectivity index (χ0v) is 10.4. The topological polar surface area (TPSA) is 12.0 Å². The minimum Gasteiger partial charge on any atom is -0.312 e. The van der Waals surface area contributed by atoms with Crippen LogP contribution in [0.3, 0.4) is 0 Å². The average Bonchev–Trinajstić information content (AvgIpc) is 1.56. The molecule has 0 unspecified atom stereocenters. The first-order valence-electron chi connectivity index (χ1n) is 4.62. The first-order chi connectivity index (χ1) is 4.86. The maximum atomic E-state index is 3.31. The Hall–Kier alpha value is 0.177. The SMILES string of the molecule is CC(C)NC(C)C.C[SiH](C)C. The molecule has 0 bridgehead atoms. The van der Waals surface area contributed by atoms with Crippen molar-refractivity contribution in [2.75, 3.05) is 0 Å². The fraction of sp³-hybridized carbons (Fsp3) is 1.00. The standard InChI is InChI=1S/C6H15N.C3H10Si/c1-5(2)7-6(3)4;1-4(2)3/h5-7H,1-4H3;4H,1-3H3. The molecule has 0 fully saturated rings. The van der Waals surface area contributed by atoms with Crippen LogP contribution in [0.2, 0.25) is 19.6 Å². The van der Waals surface area contributed by atoms with Crippen LogP contribution in [-0.2, 0) is 0 Å². The molecule has 0 amide bonds. The van der Waals surface area contributed by atoms with Crippen molar-refractivity contribution in [1.82, 2.24) is 5.32 Å². The van der Waals surface area contributed by atoms with E-state index in [1.807, 2.05) is 0 Å². The van der Waals surface area contributed by atoms with Crippen molar-refractivity contribution in [2.24, 2.45) is 0 Å². The molecule has 0 rings (SSSR count). The van der Waals surface area contributed by atoms with Gasteiger partial charge in [0, 0.05) is 20.9 Å². The molecule has 0 radical (unpaired) electrons. The Morgan fingerprint density at radius 3 is 1.00 bits per heavy atom. The molecule has 0 aliphatic heterocycles. The zero-order valence-electron chi connectivity index (χ0n) is 9.23. The lowest BCUT2D eigenvalue weighted by molar-refractivity contribution is 0.518. The van der Waals surface area contributed by atoms with Crippen LogP contribution in [0.1, 0.15) is 27.7 Å². The molecule has 0 heterocycles. The van der Waals surface area contributed by atoms with E-state index in [2.05, 4.69) is 52.7 Å². The third kappa shape index (κ3) is 39.0. The van der Waals surface area contributed by atoms with Crippen LogP contribution in [-0.4, -0.2) is 20.9 Å². The Morgan fingerprint density at radius 1 is 0.818 bits per heavy atom. The number of hydrogen-bond acceptors (Lipinski definition) is 1. The fourth-order valence-corrected chi connectivity index (χ4v) is 0.667. The maximum absolute atomic E-state index is 3.31. The highest BCUT2D eigenvalue weighted by Gasteiger charge is 1.92. The van der Waals surface area contributed by atoms with E-state index in [1.165, 1.54) is 0 Å². The van der Waals surface area contributed by atoms with Crippen molar-refractivity contribution >= 4 is 8.80 Å². The molecule has 11 heavy (non-hydrogen) atoms. The number of rotatable bonds is 2. The van der Waals surface area contributed by atoms with E-state index in [9.17, 15) is 0 Å². The van der Waals surface area contributed by atoms with Crippen LogP contribution in [0.25, 0.3) is 0 Å². The predicted molar refractivity (Wildman–Crippen MR) is 58.1 cm³/mol. The molecule has 2 heteroatoms. The first kappa shape index (κ1) is 13.7. The monoisotopic (exact) mass is 175 g/mol. The van der Waals surface area contributed by atoms with Crippen LogP contribution in [0.4, 0.5) is 0 Å². The molecule has 0 aliphatic rings. The molecule has 1 nitrogen and oxygen atoms in total. The molecular weight excluding hydrogens is 150 g/mol. The van der Waals surface area contributed by atoms with Crippen LogP contribution in [0.5, 0.6) is 0 Å². The summed E-state index contributed by atoms with van der Waals surface area (Å²) in [5, 5.41) is 3.31. The van der Waals surface area contributed by atoms with Crippen molar-refractivity contribution in [3.05, 3.63) is 0 Å². The van der Waals surface area contributed by atoms with Gasteiger partial charge in [0.25, 0.3) is 0 Å². The van der Waals surface area contributed by atoms with Gasteiger partial charge in [-0.3, -0.25) is 0 Å². The minimum absolute atomic E-state index is 0.139. The van der Waals surface area contributed by atoms with Crippen LogP contribution < -0.4 is 5.32 Å². The van der Waals surface area contributed by atoms with Crippen LogP contribution in [0, 0.1) is 0 Å². The van der Waals surface area contributed by atoms with E-state index in [0.717, 1.165) is 0 Å². The van der Waals surface area contributed by atoms with Gasteiger partial charge in [-0.1, -0.05) is 47.3 Å². The highest BCUT2D eigenvalue weighted by atomic mass is 28.3. The van der Waals surface area contributed by atoms with Gasteiger partial charge >= 0.3 is 0 Å². The summed E-state index contributed by atoms with van der Waals surface area (Å²) in [5.74, 6) is 0. The lowest BCUT2D eigenvalue weighted by Crippen LogP contribution is -2.29. The summed E-state index contributed by atoms with van der Waals surface area (Å²) >= 11 is 0. The Labute approximate surface area is 74.2 Å². The summed E-state index contributed by atoms with van der Waals surface area (Å²) in [6.45, 7) is 15.5. The summed E-state index contributed by atoms with van der Waals surface area (Å²) in [5.41, 5.74) is 0. The second-order valence-electron chi connectivity index (χ2n) is 4.21. The van der Waals surface area contributed by atoms with E-state index in [1.54, 1.807) is 0 Å². The molecule has 0 spiro atoms. The van der Waals surface area contributed by atoms with Crippen molar-refractivity contribution < 1.29 is 0 Å². The Morgan fingerprint density at radius 2 is 1.00 bits per heavy atom. The molecule has 0 atom stereocenters. The van der Waals surface area contributed by atoms with Crippen LogP contribution >= 0.6 is 0 Å². The predicted octanol–water partition coefficient (Wildman–Crippen LogP) is 2.50. The first-order valence-corrected chi connectivity index (χ1v) is 8.08. The molecule has 0 saturated carbocycles. The average molecular weight is 175 g/mol. The van der Waals surface area contributed by atoms with E-state index >= 15 is 0 Å². The Balaban J connectivity index is 0. The van der Waals surface area contributed by atoms with Gasteiger partial charge < -0.3 is 5.32 Å². The smallest absolute Gasteiger partial charge is 0.0274 e. The second-order valence-corrected chi connectivity index (χ2v) is 7.67. The molecule has 0 saturated heterocycles. The third-order valence-corrected chi connectivity index (χ3v) is 0.667. The molecule has 0 aliphatic carbocycles. The van der Waals surface area contributed by atoms with Gasteiger partial charge in [-0.05, 0) is 0 Å². The van der Waals surface area contributed by atoms with E-state index in [0.29, 0.717) is 12.1 Å². The van der Waals surface area contributed by atoms with Gasteiger partial charge in [-0.15, -0.1) is 0 Å². The third-order valence-electron chi connectivity index (χ3n) is 0.667. The Kier molecular flexibility index (Phi) is 10.3. The second kappa shape index (κ2) is 8.28. The van der Waals surface area contributed by atoms with Gasteiger partial charge in [0.05, 0.1) is 0 Å². The molecule has 1 N–H and O–H groups in total. The summed E-state index contributed by atoms with van der Waals surface area (Å²) < 4.78 is 0. The number of hydrogen-bond donors (Lipinski definition) is 1. The molecule has 0 aromatic carbocycles. The largest absolute Gasteiger partial charge is 0.312 e. The summed E-state index contributed by atoms with van der Waals surface area (Å²) in [6, 6.07) is 1.25. The van der Waals surface area contributed by atoms with E-state index in [-0.39, 0.29) is 8.80 Å². The van der Waals surface area contributed by atoms with E-state index < -0.39 is 0 Å². The lowest BCUT2D eigenvalue weighted by Gasteiger charge is -2.10. The summed E-state index contributed by atoms with van der Waals surface area (Å²) in [6.07, 6.45) is 0. The highest BCUT2D eigenvalue weighted by Crippen LogP contribution is 1.80. The van der Waals surface area contributed by atoms with Gasteiger partial charge in [0.1, 0.15) is 0 Å². The van der Waals surface area contributed by atoms with Crippen LogP contribution in [0.15, 0.2) is 0 Å². The molecular formula is C9H25NSi. The highest BCUT2D eigenvalue weighted by molar-refractivity contribution is 6.54. The maximum Gasteiger partial charge on any atom is 0.0274 e. The van der Waals surface area contributed by atoms with Gasteiger partial charge in [-0.2, -0.15) is 0 Å². The fourth-order valence-electron chi connectivity index (χ4n) is 0.667. The van der Waals surface area contributed by atoms with Crippen molar-refractivity contribution in [1.29, 1.82) is 0 Å². The normalized spacial score (nSPS) is 10.4.